The van der Waals surface area contributed by atoms with Gasteiger partial charge in [-0.3, -0.25) is 4.98 Å². The Morgan fingerprint density at radius 1 is 1.42 bits per heavy atom. The number of hydrogen-bond acceptors (Lipinski definition) is 5. The Labute approximate surface area is 115 Å². The highest BCUT2D eigenvalue weighted by molar-refractivity contribution is 5.35. The van der Waals surface area contributed by atoms with Gasteiger partial charge in [0.05, 0.1) is 19.0 Å². The molecular weight excluding hydrogens is 240 g/mol. The zero-order chi connectivity index (χ0) is 13.5. The first-order chi connectivity index (χ1) is 9.33. The summed E-state index contributed by atoms with van der Waals surface area (Å²) in [6, 6.07) is 0.290. The van der Waals surface area contributed by atoms with Gasteiger partial charge >= 0.3 is 0 Å². The number of ether oxygens (including phenoxy) is 1. The summed E-state index contributed by atoms with van der Waals surface area (Å²) < 4.78 is 5.49. The van der Waals surface area contributed by atoms with E-state index in [4.69, 9.17) is 10.5 Å². The van der Waals surface area contributed by atoms with Crippen molar-refractivity contribution in [2.75, 3.05) is 18.5 Å². The van der Waals surface area contributed by atoms with Gasteiger partial charge in [-0.25, -0.2) is 0 Å². The molecule has 1 atom stereocenters. The summed E-state index contributed by atoms with van der Waals surface area (Å²) in [6.07, 6.45) is 9.49. The standard InChI is InChI=1S/C14H24N4O/c1-2-7-19-14-10-16-9-13(18-14)17-12(8-15)11-5-3-4-6-11/h9-12H,2-8,15H2,1H3,(H,17,18). The molecule has 0 spiro atoms. The largest absolute Gasteiger partial charge is 0.477 e. The normalized spacial score (nSPS) is 17.4. The maximum atomic E-state index is 5.88. The zero-order valence-corrected chi connectivity index (χ0v) is 11.6. The van der Waals surface area contributed by atoms with Gasteiger partial charge in [0.25, 0.3) is 0 Å². The minimum absolute atomic E-state index is 0.290. The molecular formula is C14H24N4O. The highest BCUT2D eigenvalue weighted by atomic mass is 16.5. The highest BCUT2D eigenvalue weighted by Crippen LogP contribution is 2.28. The van der Waals surface area contributed by atoms with Crippen LogP contribution >= 0.6 is 0 Å². The molecule has 5 nitrogen and oxygen atoms in total. The molecule has 106 valence electrons. The molecule has 1 aliphatic rings. The van der Waals surface area contributed by atoms with Gasteiger partial charge in [0.15, 0.2) is 0 Å². The van der Waals surface area contributed by atoms with Crippen molar-refractivity contribution in [1.82, 2.24) is 9.97 Å². The van der Waals surface area contributed by atoms with Gasteiger partial charge in [-0.15, -0.1) is 0 Å². The average Bonchev–Trinajstić information content (AvgIpc) is 2.97. The molecule has 3 N–H and O–H groups in total. The number of nitrogens with zero attached hydrogens (tertiary/aromatic N) is 2. The summed E-state index contributed by atoms with van der Waals surface area (Å²) in [7, 11) is 0. The quantitative estimate of drug-likeness (QED) is 0.789. The first-order valence-electron chi connectivity index (χ1n) is 7.25. The van der Waals surface area contributed by atoms with Crippen LogP contribution in [0.25, 0.3) is 0 Å². The van der Waals surface area contributed by atoms with Crippen LogP contribution in [0.15, 0.2) is 12.4 Å². The van der Waals surface area contributed by atoms with E-state index in [0.717, 1.165) is 12.2 Å². The average molecular weight is 264 g/mol. The number of hydrogen-bond donors (Lipinski definition) is 2. The van der Waals surface area contributed by atoms with Crippen LogP contribution in [0.3, 0.4) is 0 Å². The van der Waals surface area contributed by atoms with Crippen LogP contribution in [0.5, 0.6) is 5.88 Å². The zero-order valence-electron chi connectivity index (χ0n) is 11.6. The van der Waals surface area contributed by atoms with Crippen LogP contribution in [-0.4, -0.2) is 29.2 Å². The Kier molecular flexibility index (Phi) is 5.39. The Bertz CT molecular complexity index is 379. The van der Waals surface area contributed by atoms with Crippen LogP contribution in [0.1, 0.15) is 39.0 Å². The van der Waals surface area contributed by atoms with Gasteiger partial charge in [0.2, 0.25) is 5.88 Å². The van der Waals surface area contributed by atoms with Crippen molar-refractivity contribution in [2.45, 2.75) is 45.1 Å². The van der Waals surface area contributed by atoms with Crippen molar-refractivity contribution in [1.29, 1.82) is 0 Å². The summed E-state index contributed by atoms with van der Waals surface area (Å²) in [5, 5.41) is 3.41. The second-order valence-corrected chi connectivity index (χ2v) is 5.12. The van der Waals surface area contributed by atoms with Crippen molar-refractivity contribution >= 4 is 5.82 Å². The highest BCUT2D eigenvalue weighted by Gasteiger charge is 2.24. The lowest BCUT2D eigenvalue weighted by Gasteiger charge is -2.23. The third-order valence-electron chi connectivity index (χ3n) is 3.62. The predicted octanol–water partition coefficient (Wildman–Crippen LogP) is 2.19. The van der Waals surface area contributed by atoms with Crippen LogP contribution in [0.2, 0.25) is 0 Å². The monoisotopic (exact) mass is 264 g/mol. The Balaban J connectivity index is 1.96. The van der Waals surface area contributed by atoms with Crippen molar-refractivity contribution in [2.24, 2.45) is 11.7 Å². The van der Waals surface area contributed by atoms with E-state index in [1.54, 1.807) is 12.4 Å². The van der Waals surface area contributed by atoms with Gasteiger partial charge in [0, 0.05) is 12.6 Å². The van der Waals surface area contributed by atoms with Crippen molar-refractivity contribution in [3.63, 3.8) is 0 Å². The van der Waals surface area contributed by atoms with E-state index in [2.05, 4.69) is 22.2 Å². The van der Waals surface area contributed by atoms with Crippen molar-refractivity contribution < 1.29 is 4.74 Å². The van der Waals surface area contributed by atoms with E-state index in [9.17, 15) is 0 Å². The molecule has 0 radical (unpaired) electrons. The van der Waals surface area contributed by atoms with Gasteiger partial charge in [-0.05, 0) is 25.2 Å². The second kappa shape index (κ2) is 7.28. The molecule has 1 saturated carbocycles. The minimum Gasteiger partial charge on any atom is -0.477 e. The number of rotatable bonds is 7. The van der Waals surface area contributed by atoms with Gasteiger partial charge in [-0.2, -0.15) is 4.98 Å². The molecule has 0 amide bonds. The van der Waals surface area contributed by atoms with Gasteiger partial charge in [-0.1, -0.05) is 19.8 Å². The molecule has 2 rings (SSSR count). The van der Waals surface area contributed by atoms with Crippen molar-refractivity contribution in [3.8, 4) is 5.88 Å². The first-order valence-corrected chi connectivity index (χ1v) is 7.25. The number of aromatic nitrogens is 2. The third-order valence-corrected chi connectivity index (χ3v) is 3.62. The first kappa shape index (κ1) is 14.1. The van der Waals surface area contributed by atoms with Gasteiger partial charge < -0.3 is 15.8 Å². The molecule has 0 bridgehead atoms. The molecule has 0 saturated heterocycles. The maximum Gasteiger partial charge on any atom is 0.234 e. The fourth-order valence-corrected chi connectivity index (χ4v) is 2.61. The topological polar surface area (TPSA) is 73.1 Å². The van der Waals surface area contributed by atoms with E-state index < -0.39 is 0 Å². The van der Waals surface area contributed by atoms with Crippen LogP contribution in [0, 0.1) is 5.92 Å². The Morgan fingerprint density at radius 3 is 2.89 bits per heavy atom. The summed E-state index contributed by atoms with van der Waals surface area (Å²) >= 11 is 0. The molecule has 1 fully saturated rings. The predicted molar refractivity (Wildman–Crippen MR) is 76.2 cm³/mol. The summed E-state index contributed by atoms with van der Waals surface area (Å²) in [5.74, 6) is 2.00. The second-order valence-electron chi connectivity index (χ2n) is 5.12. The SMILES string of the molecule is CCCOc1cncc(NC(CN)C2CCCC2)n1. The maximum absolute atomic E-state index is 5.88. The van der Waals surface area contributed by atoms with Crippen LogP contribution < -0.4 is 15.8 Å². The number of nitrogens with one attached hydrogen (secondary N) is 1. The van der Waals surface area contributed by atoms with Crippen molar-refractivity contribution in [3.05, 3.63) is 12.4 Å². The Hall–Kier alpha value is -1.36. The fraction of sp³-hybridized carbons (Fsp3) is 0.714. The third kappa shape index (κ3) is 4.06. The van der Waals surface area contributed by atoms with E-state index in [1.165, 1.54) is 25.7 Å². The summed E-state index contributed by atoms with van der Waals surface area (Å²) in [5.41, 5.74) is 5.88. The van der Waals surface area contributed by atoms with E-state index in [1.807, 2.05) is 0 Å². The summed E-state index contributed by atoms with van der Waals surface area (Å²) in [6.45, 7) is 3.37. The molecule has 0 aromatic carbocycles. The molecule has 1 aliphatic carbocycles. The van der Waals surface area contributed by atoms with Gasteiger partial charge in [0.1, 0.15) is 5.82 Å². The fourth-order valence-electron chi connectivity index (χ4n) is 2.61. The molecule has 1 aromatic rings. The van der Waals surface area contributed by atoms with Crippen LogP contribution in [-0.2, 0) is 0 Å². The lowest BCUT2D eigenvalue weighted by molar-refractivity contribution is 0.304. The Morgan fingerprint density at radius 2 is 2.21 bits per heavy atom. The smallest absolute Gasteiger partial charge is 0.234 e. The van der Waals surface area contributed by atoms with E-state index in [-0.39, 0.29) is 0 Å². The molecule has 1 aromatic heterocycles. The summed E-state index contributed by atoms with van der Waals surface area (Å²) in [4.78, 5) is 8.58. The lowest BCUT2D eigenvalue weighted by atomic mass is 9.98. The van der Waals surface area contributed by atoms with Crippen LogP contribution in [0.4, 0.5) is 5.82 Å². The lowest BCUT2D eigenvalue weighted by Crippen LogP contribution is -2.35. The molecule has 1 heterocycles. The van der Waals surface area contributed by atoms with E-state index >= 15 is 0 Å². The molecule has 0 aliphatic heterocycles. The molecule has 5 heteroatoms. The van der Waals surface area contributed by atoms with E-state index in [0.29, 0.717) is 31.0 Å². The minimum atomic E-state index is 0.290. The molecule has 19 heavy (non-hydrogen) atoms. The number of anilines is 1. The molecule has 1 unspecified atom stereocenters. The number of nitrogens with two attached hydrogens (primary N) is 1.